The lowest BCUT2D eigenvalue weighted by Crippen LogP contribution is -2.63. The molecule has 13 nitrogen and oxygen atoms in total. The van der Waals surface area contributed by atoms with Gasteiger partial charge in [0.2, 0.25) is 11.7 Å². The quantitative estimate of drug-likeness (QED) is 0.253. The van der Waals surface area contributed by atoms with Crippen molar-refractivity contribution in [3.8, 4) is 0 Å². The number of nitrogens with one attached hydrogen (secondary N) is 1. The second-order valence-electron chi connectivity index (χ2n) is 13.3. The Kier molecular flexibility index (Phi) is 10.6. The summed E-state index contributed by atoms with van der Waals surface area (Å²) in [6.45, 7) is 3.20. The van der Waals surface area contributed by atoms with Gasteiger partial charge < -0.3 is 21.1 Å². The Labute approximate surface area is 278 Å². The molecule has 47 heavy (non-hydrogen) atoms. The summed E-state index contributed by atoms with van der Waals surface area (Å²) in [4.78, 5) is 73.0. The average Bonchev–Trinajstić information content (AvgIpc) is 3.73. The maximum atomic E-state index is 14.5. The molecule has 5 rings (SSSR count). The molecule has 4 amide bonds. The summed E-state index contributed by atoms with van der Waals surface area (Å²) >= 11 is 1.61. The smallest absolute Gasteiger partial charge is 0.287 e. The number of thioether (sulfide) groups is 1. The fourth-order valence-corrected chi connectivity index (χ4v) is 8.07. The molecule has 3 aliphatic rings. The molecule has 2 atom stereocenters. The van der Waals surface area contributed by atoms with E-state index in [0.29, 0.717) is 22.8 Å². The van der Waals surface area contributed by atoms with Gasteiger partial charge in [-0.3, -0.25) is 24.0 Å². The van der Waals surface area contributed by atoms with Gasteiger partial charge in [-0.25, -0.2) is 9.67 Å². The van der Waals surface area contributed by atoms with Gasteiger partial charge in [0, 0.05) is 18.5 Å². The Hall–Kier alpha value is -3.91. The van der Waals surface area contributed by atoms with Crippen molar-refractivity contribution in [1.82, 2.24) is 25.2 Å². The standard InChI is InChI=1S/C33H43N7O6S/c1-32(2,46)26-19-35-38-40(26)23-18-25(30(44)37-33(27(41)28(34)42)13-15-47-16-14-33)39(20-23)31(45)24(17-21-9-5-3-6-10-21)36-29(43)22-11-7-4-8-12-22/h4,7-8,11-12,19,21,23,25,46H,3,5-6,9-10,13-18,20H2,1-2H3,(H2,34,42)(H,37,44)/b36-24+/t23-,25-/m0/s1. The summed E-state index contributed by atoms with van der Waals surface area (Å²) in [6, 6.07) is 6.85. The molecule has 2 saturated heterocycles. The Bertz CT molecular complexity index is 1520. The summed E-state index contributed by atoms with van der Waals surface area (Å²) < 4.78 is 1.52. The van der Waals surface area contributed by atoms with Crippen molar-refractivity contribution in [2.75, 3.05) is 18.1 Å². The fraction of sp³-hybridized carbons (Fsp3) is 0.576. The molecule has 1 aliphatic carbocycles. The molecule has 1 saturated carbocycles. The Morgan fingerprint density at radius 2 is 1.77 bits per heavy atom. The van der Waals surface area contributed by atoms with Crippen LogP contribution in [0.25, 0.3) is 0 Å². The minimum atomic E-state index is -1.48. The third-order valence-corrected chi connectivity index (χ3v) is 10.5. The summed E-state index contributed by atoms with van der Waals surface area (Å²) in [6.07, 6.45) is 7.23. The first-order chi connectivity index (χ1) is 22.4. The number of amides is 4. The van der Waals surface area contributed by atoms with Gasteiger partial charge in [0.1, 0.15) is 22.9 Å². The number of ketones is 1. The average molecular weight is 666 g/mol. The number of nitrogens with two attached hydrogens (primary N) is 1. The number of nitrogens with zero attached hydrogens (tertiary/aromatic N) is 5. The highest BCUT2D eigenvalue weighted by Gasteiger charge is 2.49. The zero-order valence-electron chi connectivity index (χ0n) is 26.9. The van der Waals surface area contributed by atoms with Gasteiger partial charge in [0.25, 0.3) is 17.7 Å². The van der Waals surface area contributed by atoms with Crippen molar-refractivity contribution in [3.63, 3.8) is 0 Å². The molecule has 252 valence electrons. The van der Waals surface area contributed by atoms with E-state index in [1.54, 1.807) is 55.9 Å². The van der Waals surface area contributed by atoms with E-state index < -0.39 is 52.6 Å². The molecular weight excluding hydrogens is 622 g/mol. The van der Waals surface area contributed by atoms with E-state index in [2.05, 4.69) is 20.6 Å². The summed E-state index contributed by atoms with van der Waals surface area (Å²) in [7, 11) is 0. The van der Waals surface area contributed by atoms with Crippen LogP contribution in [-0.4, -0.2) is 89.8 Å². The monoisotopic (exact) mass is 665 g/mol. The summed E-state index contributed by atoms with van der Waals surface area (Å²) in [5, 5.41) is 21.8. The summed E-state index contributed by atoms with van der Waals surface area (Å²) in [5.74, 6) is -2.46. The summed E-state index contributed by atoms with van der Waals surface area (Å²) in [5.41, 5.74) is 3.44. The van der Waals surface area contributed by atoms with Crippen molar-refractivity contribution in [3.05, 3.63) is 47.8 Å². The number of benzene rings is 1. The van der Waals surface area contributed by atoms with Gasteiger partial charge in [0.15, 0.2) is 0 Å². The van der Waals surface area contributed by atoms with Crippen molar-refractivity contribution in [2.45, 2.75) is 94.9 Å². The zero-order chi connectivity index (χ0) is 33.8. The molecule has 3 heterocycles. The lowest BCUT2D eigenvalue weighted by molar-refractivity contribution is -0.143. The first-order valence-corrected chi connectivity index (χ1v) is 17.4. The van der Waals surface area contributed by atoms with E-state index in [9.17, 15) is 29.1 Å². The largest absolute Gasteiger partial charge is 0.384 e. The van der Waals surface area contributed by atoms with Gasteiger partial charge in [0.05, 0.1) is 17.9 Å². The van der Waals surface area contributed by atoms with Crippen molar-refractivity contribution in [2.24, 2.45) is 16.6 Å². The number of likely N-dealkylation sites (tertiary alicyclic amines) is 1. The predicted octanol–water partition coefficient (Wildman–Crippen LogP) is 2.34. The van der Waals surface area contributed by atoms with Crippen LogP contribution in [0.2, 0.25) is 0 Å². The van der Waals surface area contributed by atoms with Crippen LogP contribution >= 0.6 is 11.8 Å². The number of rotatable bonds is 10. The molecule has 3 fully saturated rings. The zero-order valence-corrected chi connectivity index (χ0v) is 27.7. The van der Waals surface area contributed by atoms with Crippen LogP contribution in [-0.2, 0) is 24.8 Å². The number of carbonyl (C=O) groups excluding carboxylic acids is 5. The SMILES string of the molecule is CC(C)(O)c1cnnn1[C@H]1C[C@@H](C(=O)NC2(C(=O)C(N)=O)CCSCC2)N(C(=O)/C(CC2CCCCC2)=N/C(=O)c2ccccc2)C1. The minimum Gasteiger partial charge on any atom is -0.384 e. The van der Waals surface area contributed by atoms with E-state index in [4.69, 9.17) is 5.73 Å². The molecular formula is C33H43N7O6S. The molecule has 0 radical (unpaired) electrons. The predicted molar refractivity (Wildman–Crippen MR) is 175 cm³/mol. The topological polar surface area (TPSA) is 190 Å². The molecule has 4 N–H and O–H groups in total. The van der Waals surface area contributed by atoms with E-state index in [1.807, 2.05) is 0 Å². The highest BCUT2D eigenvalue weighted by Crippen LogP contribution is 2.34. The van der Waals surface area contributed by atoms with Gasteiger partial charge in [-0.1, -0.05) is 55.5 Å². The van der Waals surface area contributed by atoms with Crippen LogP contribution in [0, 0.1) is 5.92 Å². The molecule has 0 unspecified atom stereocenters. The maximum absolute atomic E-state index is 14.5. The third kappa shape index (κ3) is 7.81. The first kappa shape index (κ1) is 34.4. The Morgan fingerprint density at radius 1 is 1.09 bits per heavy atom. The molecule has 2 aromatic rings. The third-order valence-electron chi connectivity index (χ3n) is 9.47. The number of Topliss-reactive ketones (excluding diaryl/α,β-unsaturated/α-hetero) is 1. The lowest BCUT2D eigenvalue weighted by Gasteiger charge is -2.37. The molecule has 14 heteroatoms. The van der Waals surface area contributed by atoms with Crippen molar-refractivity contribution < 1.29 is 29.1 Å². The number of aliphatic imine (C=N–C) groups is 1. The van der Waals surface area contributed by atoms with Gasteiger partial charge in [-0.15, -0.1) is 5.10 Å². The number of hydrogen-bond acceptors (Lipinski definition) is 9. The van der Waals surface area contributed by atoms with Crippen LogP contribution in [0.1, 0.15) is 93.7 Å². The highest BCUT2D eigenvalue weighted by atomic mass is 32.2. The van der Waals surface area contributed by atoms with Crippen LogP contribution < -0.4 is 11.1 Å². The molecule has 2 aliphatic heterocycles. The van der Waals surface area contributed by atoms with E-state index >= 15 is 0 Å². The molecule has 1 aromatic carbocycles. The van der Waals surface area contributed by atoms with E-state index in [-0.39, 0.29) is 43.9 Å². The van der Waals surface area contributed by atoms with Gasteiger partial charge >= 0.3 is 0 Å². The van der Waals surface area contributed by atoms with Crippen LogP contribution in [0.5, 0.6) is 0 Å². The lowest BCUT2D eigenvalue weighted by atomic mass is 9.85. The highest BCUT2D eigenvalue weighted by molar-refractivity contribution is 7.99. The second kappa shape index (κ2) is 14.5. The number of aliphatic hydroxyl groups is 1. The molecule has 1 aromatic heterocycles. The maximum Gasteiger partial charge on any atom is 0.287 e. The number of hydrogen-bond donors (Lipinski definition) is 3. The van der Waals surface area contributed by atoms with E-state index in [1.165, 1.54) is 15.8 Å². The Morgan fingerprint density at radius 3 is 2.40 bits per heavy atom. The Balaban J connectivity index is 1.51. The van der Waals surface area contributed by atoms with Crippen molar-refractivity contribution >= 4 is 46.9 Å². The number of aromatic nitrogens is 3. The fourth-order valence-electron chi connectivity index (χ4n) is 6.88. The van der Waals surface area contributed by atoms with Crippen LogP contribution in [0.4, 0.5) is 0 Å². The van der Waals surface area contributed by atoms with E-state index in [0.717, 1.165) is 32.1 Å². The van der Waals surface area contributed by atoms with Crippen molar-refractivity contribution in [1.29, 1.82) is 0 Å². The van der Waals surface area contributed by atoms with Crippen LogP contribution in [0.15, 0.2) is 41.5 Å². The first-order valence-electron chi connectivity index (χ1n) is 16.2. The molecule has 0 spiro atoms. The normalized spacial score (nSPS) is 22.1. The second-order valence-corrected chi connectivity index (χ2v) is 14.5. The minimum absolute atomic E-state index is 0.0131. The van der Waals surface area contributed by atoms with Gasteiger partial charge in [-0.2, -0.15) is 11.8 Å². The number of primary amides is 1. The van der Waals surface area contributed by atoms with Crippen LogP contribution in [0.3, 0.4) is 0 Å². The number of carbonyl (C=O) groups is 5. The van der Waals surface area contributed by atoms with Gasteiger partial charge in [-0.05, 0) is 62.7 Å². The molecule has 0 bridgehead atoms.